The van der Waals surface area contributed by atoms with Gasteiger partial charge in [-0.1, -0.05) is 34.1 Å². The van der Waals surface area contributed by atoms with Crippen LogP contribution in [0.25, 0.3) is 0 Å². The van der Waals surface area contributed by atoms with Crippen molar-refractivity contribution in [2.45, 2.75) is 19.4 Å². The molecule has 0 bridgehead atoms. The van der Waals surface area contributed by atoms with Crippen LogP contribution in [-0.2, 0) is 4.79 Å². The standard InChI is InChI=1S/C20H23BrN2O2S/c1-14-13-16(9-10-17(14)21)23(2)20(25)18(11-12-26-3)22-19(24)15-7-5-4-6-8-15/h4-10,13,18H,11-12H2,1-3H3,(H,22,24). The van der Waals surface area contributed by atoms with Crippen molar-refractivity contribution in [2.75, 3.05) is 24.0 Å². The van der Waals surface area contributed by atoms with E-state index in [2.05, 4.69) is 21.2 Å². The largest absolute Gasteiger partial charge is 0.340 e. The van der Waals surface area contributed by atoms with Gasteiger partial charge in [-0.15, -0.1) is 0 Å². The van der Waals surface area contributed by atoms with Crippen molar-refractivity contribution in [3.63, 3.8) is 0 Å². The number of halogens is 1. The number of carbonyl (C=O) groups is 2. The first-order chi connectivity index (χ1) is 12.4. The zero-order chi connectivity index (χ0) is 19.1. The molecule has 0 heterocycles. The smallest absolute Gasteiger partial charge is 0.251 e. The SMILES string of the molecule is CSCCC(NC(=O)c1ccccc1)C(=O)N(C)c1ccc(Br)c(C)c1. The lowest BCUT2D eigenvalue weighted by molar-refractivity contribution is -0.120. The third-order valence-corrected chi connectivity index (χ3v) is 5.64. The number of aryl methyl sites for hydroxylation is 1. The van der Waals surface area contributed by atoms with E-state index in [1.54, 1.807) is 35.8 Å². The highest BCUT2D eigenvalue weighted by Crippen LogP contribution is 2.23. The van der Waals surface area contributed by atoms with E-state index < -0.39 is 6.04 Å². The summed E-state index contributed by atoms with van der Waals surface area (Å²) >= 11 is 5.13. The second-order valence-electron chi connectivity index (χ2n) is 6.00. The minimum Gasteiger partial charge on any atom is -0.340 e. The van der Waals surface area contributed by atoms with Crippen LogP contribution in [0.2, 0.25) is 0 Å². The highest BCUT2D eigenvalue weighted by Gasteiger charge is 2.25. The third kappa shape index (κ3) is 5.35. The summed E-state index contributed by atoms with van der Waals surface area (Å²) in [4.78, 5) is 27.1. The molecule has 0 spiro atoms. The first kappa shape index (κ1) is 20.5. The van der Waals surface area contributed by atoms with Crippen LogP contribution in [0, 0.1) is 6.92 Å². The number of amides is 2. The molecule has 138 valence electrons. The molecule has 1 unspecified atom stereocenters. The Bertz CT molecular complexity index is 768. The molecule has 0 radical (unpaired) electrons. The molecule has 26 heavy (non-hydrogen) atoms. The Morgan fingerprint density at radius 3 is 2.50 bits per heavy atom. The molecule has 6 heteroatoms. The molecule has 2 aromatic carbocycles. The maximum absolute atomic E-state index is 13.0. The van der Waals surface area contributed by atoms with Gasteiger partial charge in [-0.2, -0.15) is 11.8 Å². The number of carbonyl (C=O) groups excluding carboxylic acids is 2. The second kappa shape index (κ2) is 9.78. The average molecular weight is 435 g/mol. The molecule has 4 nitrogen and oxygen atoms in total. The van der Waals surface area contributed by atoms with Crippen LogP contribution in [0.1, 0.15) is 22.3 Å². The Morgan fingerprint density at radius 1 is 1.19 bits per heavy atom. The number of rotatable bonds is 7. The molecule has 2 amide bonds. The van der Waals surface area contributed by atoms with Crippen molar-refractivity contribution in [3.05, 3.63) is 64.1 Å². The monoisotopic (exact) mass is 434 g/mol. The fourth-order valence-corrected chi connectivity index (χ4v) is 3.24. The third-order valence-electron chi connectivity index (χ3n) is 4.11. The summed E-state index contributed by atoms with van der Waals surface area (Å²) in [6.07, 6.45) is 2.57. The van der Waals surface area contributed by atoms with Gasteiger partial charge in [-0.3, -0.25) is 9.59 Å². The molecule has 0 aliphatic heterocycles. The van der Waals surface area contributed by atoms with Crippen molar-refractivity contribution < 1.29 is 9.59 Å². The van der Waals surface area contributed by atoms with Gasteiger partial charge in [0.05, 0.1) is 0 Å². The number of nitrogens with one attached hydrogen (secondary N) is 1. The topological polar surface area (TPSA) is 49.4 Å². The highest BCUT2D eigenvalue weighted by atomic mass is 79.9. The molecular formula is C20H23BrN2O2S. The predicted octanol–water partition coefficient (Wildman–Crippen LogP) is 4.27. The van der Waals surface area contributed by atoms with E-state index in [0.29, 0.717) is 12.0 Å². The van der Waals surface area contributed by atoms with E-state index in [4.69, 9.17) is 0 Å². The van der Waals surface area contributed by atoms with Crippen LogP contribution < -0.4 is 10.2 Å². The minimum absolute atomic E-state index is 0.120. The minimum atomic E-state index is -0.566. The Hall–Kier alpha value is -1.79. The number of likely N-dealkylation sites (N-methyl/N-ethyl adjacent to an activating group) is 1. The molecule has 2 rings (SSSR count). The maximum Gasteiger partial charge on any atom is 0.251 e. The summed E-state index contributed by atoms with van der Waals surface area (Å²) < 4.78 is 0.999. The van der Waals surface area contributed by atoms with Crippen LogP contribution >= 0.6 is 27.7 Å². The summed E-state index contributed by atoms with van der Waals surface area (Å²) in [5.41, 5.74) is 2.41. The first-order valence-electron chi connectivity index (χ1n) is 8.32. The molecule has 2 aromatic rings. The normalized spacial score (nSPS) is 11.7. The number of thioether (sulfide) groups is 1. The van der Waals surface area contributed by atoms with Gasteiger partial charge in [0.1, 0.15) is 6.04 Å². The van der Waals surface area contributed by atoms with Crippen LogP contribution in [-0.4, -0.2) is 36.9 Å². The Balaban J connectivity index is 2.17. The second-order valence-corrected chi connectivity index (χ2v) is 7.84. The average Bonchev–Trinajstić information content (AvgIpc) is 2.66. The zero-order valence-corrected chi connectivity index (χ0v) is 17.6. The molecule has 0 aliphatic rings. The zero-order valence-electron chi connectivity index (χ0n) is 15.2. The van der Waals surface area contributed by atoms with Crippen molar-refractivity contribution in [3.8, 4) is 0 Å². The molecule has 0 aromatic heterocycles. The number of anilines is 1. The van der Waals surface area contributed by atoms with E-state index >= 15 is 0 Å². The van der Waals surface area contributed by atoms with E-state index in [9.17, 15) is 9.59 Å². The van der Waals surface area contributed by atoms with Gasteiger partial charge in [0.15, 0.2) is 0 Å². The fraction of sp³-hybridized carbons (Fsp3) is 0.300. The molecule has 0 aliphatic carbocycles. The lowest BCUT2D eigenvalue weighted by atomic mass is 10.1. The molecule has 1 atom stereocenters. The van der Waals surface area contributed by atoms with Gasteiger partial charge in [0, 0.05) is 22.8 Å². The molecule has 1 N–H and O–H groups in total. The molecular weight excluding hydrogens is 412 g/mol. The Labute approximate surface area is 167 Å². The Morgan fingerprint density at radius 2 is 1.88 bits per heavy atom. The van der Waals surface area contributed by atoms with Crippen LogP contribution in [0.15, 0.2) is 53.0 Å². The van der Waals surface area contributed by atoms with Gasteiger partial charge in [0.25, 0.3) is 5.91 Å². The van der Waals surface area contributed by atoms with Crippen LogP contribution in [0.4, 0.5) is 5.69 Å². The van der Waals surface area contributed by atoms with Gasteiger partial charge in [-0.25, -0.2) is 0 Å². The molecule has 0 saturated heterocycles. The van der Waals surface area contributed by atoms with Crippen LogP contribution in [0.3, 0.4) is 0 Å². The van der Waals surface area contributed by atoms with Crippen molar-refractivity contribution >= 4 is 45.2 Å². The van der Waals surface area contributed by atoms with E-state index in [1.807, 2.05) is 49.6 Å². The summed E-state index contributed by atoms with van der Waals surface area (Å²) in [5, 5.41) is 2.89. The van der Waals surface area contributed by atoms with Crippen LogP contribution in [0.5, 0.6) is 0 Å². The summed E-state index contributed by atoms with van der Waals surface area (Å²) in [7, 11) is 1.74. The number of hydrogen-bond donors (Lipinski definition) is 1. The highest BCUT2D eigenvalue weighted by molar-refractivity contribution is 9.10. The van der Waals surface area contributed by atoms with Crippen molar-refractivity contribution in [1.82, 2.24) is 5.32 Å². The lowest BCUT2D eigenvalue weighted by Crippen LogP contribution is -2.47. The number of hydrogen-bond acceptors (Lipinski definition) is 3. The van der Waals surface area contributed by atoms with Gasteiger partial charge in [0.2, 0.25) is 5.91 Å². The van der Waals surface area contributed by atoms with E-state index in [-0.39, 0.29) is 11.8 Å². The van der Waals surface area contributed by atoms with E-state index in [0.717, 1.165) is 21.5 Å². The molecule has 0 saturated carbocycles. The maximum atomic E-state index is 13.0. The predicted molar refractivity (Wildman–Crippen MR) is 113 cm³/mol. The summed E-state index contributed by atoms with van der Waals surface area (Å²) in [6.45, 7) is 1.98. The van der Waals surface area contributed by atoms with Gasteiger partial charge >= 0.3 is 0 Å². The van der Waals surface area contributed by atoms with Crippen molar-refractivity contribution in [1.29, 1.82) is 0 Å². The fourth-order valence-electron chi connectivity index (χ4n) is 2.52. The Kier molecular flexibility index (Phi) is 7.72. The number of nitrogens with zero attached hydrogens (tertiary/aromatic N) is 1. The van der Waals surface area contributed by atoms with Crippen molar-refractivity contribution in [2.24, 2.45) is 0 Å². The van der Waals surface area contributed by atoms with Gasteiger partial charge < -0.3 is 10.2 Å². The summed E-state index contributed by atoms with van der Waals surface area (Å²) in [5.74, 6) is 0.439. The summed E-state index contributed by atoms with van der Waals surface area (Å²) in [6, 6.07) is 14.2. The van der Waals surface area contributed by atoms with E-state index in [1.165, 1.54) is 0 Å². The number of benzene rings is 2. The lowest BCUT2D eigenvalue weighted by Gasteiger charge is -2.25. The first-order valence-corrected chi connectivity index (χ1v) is 10.5. The van der Waals surface area contributed by atoms with Gasteiger partial charge in [-0.05, 0) is 61.2 Å². The molecule has 0 fully saturated rings. The quantitative estimate of drug-likeness (QED) is 0.707.